The quantitative estimate of drug-likeness (QED) is 0.919. The largest absolute Gasteiger partial charge is 0.508 e. The van der Waals surface area contributed by atoms with Crippen molar-refractivity contribution < 1.29 is 9.74 Å². The third-order valence-corrected chi connectivity index (χ3v) is 4.53. The van der Waals surface area contributed by atoms with E-state index in [1.165, 1.54) is 24.8 Å². The van der Waals surface area contributed by atoms with Gasteiger partial charge in [0.1, 0.15) is 17.1 Å². The first-order chi connectivity index (χ1) is 10.7. The van der Waals surface area contributed by atoms with E-state index in [4.69, 9.17) is 4.63 Å². The Labute approximate surface area is 130 Å². The van der Waals surface area contributed by atoms with E-state index in [2.05, 4.69) is 21.3 Å². The van der Waals surface area contributed by atoms with E-state index in [0.717, 1.165) is 37.3 Å². The zero-order chi connectivity index (χ0) is 15.4. The van der Waals surface area contributed by atoms with Crippen LogP contribution in [-0.4, -0.2) is 32.9 Å². The Hall–Kier alpha value is -1.88. The van der Waals surface area contributed by atoms with Crippen LogP contribution < -0.4 is 0 Å². The van der Waals surface area contributed by atoms with Crippen molar-refractivity contribution in [3.8, 4) is 5.75 Å². The molecule has 1 unspecified atom stereocenters. The number of benzene rings is 1. The first-order valence-corrected chi connectivity index (χ1v) is 8.02. The molecular weight excluding hydrogens is 278 g/mol. The number of aromatic hydroxyl groups is 1. The van der Waals surface area contributed by atoms with Gasteiger partial charge in [-0.15, -0.1) is 0 Å². The molecule has 1 aromatic carbocycles. The minimum absolute atomic E-state index is 0.349. The van der Waals surface area contributed by atoms with E-state index in [0.29, 0.717) is 11.8 Å². The van der Waals surface area contributed by atoms with E-state index in [9.17, 15) is 5.11 Å². The highest BCUT2D eigenvalue weighted by Crippen LogP contribution is 2.24. The monoisotopic (exact) mass is 301 g/mol. The first kappa shape index (κ1) is 15.0. The van der Waals surface area contributed by atoms with Crippen molar-refractivity contribution in [2.24, 2.45) is 0 Å². The Morgan fingerprint density at radius 1 is 1.32 bits per heavy atom. The summed E-state index contributed by atoms with van der Waals surface area (Å²) in [7, 11) is 0. The van der Waals surface area contributed by atoms with Crippen LogP contribution in [-0.2, 0) is 13.0 Å². The topological polar surface area (TPSA) is 62.4 Å². The van der Waals surface area contributed by atoms with Gasteiger partial charge in [0.05, 0.1) is 0 Å². The minimum atomic E-state index is 0.349. The van der Waals surface area contributed by atoms with Gasteiger partial charge in [0.2, 0.25) is 0 Å². The number of piperidine rings is 1. The lowest BCUT2D eigenvalue weighted by Crippen LogP contribution is -2.39. The lowest BCUT2D eigenvalue weighted by atomic mass is 9.95. The molecule has 0 aliphatic carbocycles. The molecule has 0 spiro atoms. The van der Waals surface area contributed by atoms with Crippen LogP contribution in [0.5, 0.6) is 5.75 Å². The molecule has 1 fully saturated rings. The van der Waals surface area contributed by atoms with Crippen LogP contribution in [0.25, 0.3) is 0 Å². The van der Waals surface area contributed by atoms with Crippen molar-refractivity contribution in [1.82, 2.24) is 15.2 Å². The van der Waals surface area contributed by atoms with Gasteiger partial charge in [0, 0.05) is 12.6 Å². The Bertz CT molecular complexity index is 611. The molecule has 0 radical (unpaired) electrons. The van der Waals surface area contributed by atoms with Crippen LogP contribution in [0.3, 0.4) is 0 Å². The Morgan fingerprint density at radius 3 is 3.00 bits per heavy atom. The number of nitrogens with zero attached hydrogens (tertiary/aromatic N) is 3. The summed E-state index contributed by atoms with van der Waals surface area (Å²) in [5, 5.41) is 17.5. The van der Waals surface area contributed by atoms with Gasteiger partial charge < -0.3 is 5.11 Å². The predicted molar refractivity (Wildman–Crippen MR) is 83.5 cm³/mol. The lowest BCUT2D eigenvalue weighted by molar-refractivity contribution is 0.128. The molecule has 1 aliphatic heterocycles. The summed E-state index contributed by atoms with van der Waals surface area (Å²) >= 11 is 0. The van der Waals surface area contributed by atoms with Gasteiger partial charge in [0.15, 0.2) is 0 Å². The number of likely N-dealkylation sites (tertiary alicyclic amines) is 1. The van der Waals surface area contributed by atoms with Gasteiger partial charge >= 0.3 is 0 Å². The maximum Gasteiger partial charge on any atom is 0.122 e. The summed E-state index contributed by atoms with van der Waals surface area (Å²) in [5.74, 6) is 0.349. The van der Waals surface area contributed by atoms with Gasteiger partial charge in [-0.3, -0.25) is 4.90 Å². The van der Waals surface area contributed by atoms with Crippen LogP contribution in [0.2, 0.25) is 0 Å². The molecule has 0 bridgehead atoms. The molecule has 0 amide bonds. The highest BCUT2D eigenvalue weighted by molar-refractivity contribution is 5.27. The summed E-state index contributed by atoms with van der Waals surface area (Å²) in [5.41, 5.74) is 3.03. The first-order valence-electron chi connectivity index (χ1n) is 8.02. The van der Waals surface area contributed by atoms with Crippen LogP contribution in [0.1, 0.15) is 42.6 Å². The van der Waals surface area contributed by atoms with Crippen LogP contribution in [0.4, 0.5) is 0 Å². The number of rotatable bonds is 5. The smallest absolute Gasteiger partial charge is 0.122 e. The van der Waals surface area contributed by atoms with Crippen molar-refractivity contribution in [1.29, 1.82) is 0 Å². The lowest BCUT2D eigenvalue weighted by Gasteiger charge is -2.35. The van der Waals surface area contributed by atoms with Crippen molar-refractivity contribution in [3.63, 3.8) is 0 Å². The van der Waals surface area contributed by atoms with Crippen molar-refractivity contribution in [2.45, 2.75) is 51.6 Å². The molecule has 1 aromatic heterocycles. The molecule has 2 heterocycles. The molecule has 0 saturated carbocycles. The van der Waals surface area contributed by atoms with Crippen molar-refractivity contribution >= 4 is 0 Å². The molecule has 1 saturated heterocycles. The maximum absolute atomic E-state index is 9.57. The third-order valence-electron chi connectivity index (χ3n) is 4.53. The average Bonchev–Trinajstić information content (AvgIpc) is 2.92. The van der Waals surface area contributed by atoms with Crippen LogP contribution >= 0.6 is 0 Å². The fraction of sp³-hybridized carbons (Fsp3) is 0.529. The van der Waals surface area contributed by atoms with E-state index in [-0.39, 0.29) is 0 Å². The summed E-state index contributed by atoms with van der Waals surface area (Å²) in [6.07, 6.45) is 5.85. The normalized spacial score (nSPS) is 19.4. The predicted octanol–water partition coefficient (Wildman–Crippen LogP) is 3.07. The van der Waals surface area contributed by atoms with Gasteiger partial charge in [-0.25, -0.2) is 4.63 Å². The van der Waals surface area contributed by atoms with Gasteiger partial charge in [-0.1, -0.05) is 28.9 Å². The third kappa shape index (κ3) is 3.65. The molecular formula is C17H23N3O2. The van der Waals surface area contributed by atoms with Crippen LogP contribution in [0, 0.1) is 6.92 Å². The zero-order valence-electron chi connectivity index (χ0n) is 13.0. The average molecular weight is 301 g/mol. The molecule has 22 heavy (non-hydrogen) atoms. The maximum atomic E-state index is 9.57. The van der Waals surface area contributed by atoms with E-state index in [1.807, 2.05) is 19.1 Å². The van der Waals surface area contributed by atoms with E-state index >= 15 is 0 Å². The number of hydrogen-bond acceptors (Lipinski definition) is 5. The Kier molecular flexibility index (Phi) is 4.73. The van der Waals surface area contributed by atoms with E-state index in [1.54, 1.807) is 6.07 Å². The number of hydrogen-bond donors (Lipinski definition) is 1. The number of aryl methyl sites for hydroxylation is 2. The number of phenols is 1. The summed E-state index contributed by atoms with van der Waals surface area (Å²) in [6, 6.07) is 8.13. The summed E-state index contributed by atoms with van der Waals surface area (Å²) in [4.78, 5) is 2.50. The highest BCUT2D eigenvalue weighted by Gasteiger charge is 2.24. The molecule has 118 valence electrons. The molecule has 3 rings (SSSR count). The molecule has 5 nitrogen and oxygen atoms in total. The van der Waals surface area contributed by atoms with Crippen molar-refractivity contribution in [2.75, 3.05) is 6.54 Å². The fourth-order valence-corrected chi connectivity index (χ4v) is 3.23. The van der Waals surface area contributed by atoms with E-state index < -0.39 is 0 Å². The number of aromatic nitrogens is 2. The van der Waals surface area contributed by atoms with Gasteiger partial charge in [-0.2, -0.15) is 0 Å². The summed E-state index contributed by atoms with van der Waals surface area (Å²) in [6.45, 7) is 3.87. The molecule has 1 atom stereocenters. The summed E-state index contributed by atoms with van der Waals surface area (Å²) < 4.78 is 4.81. The SMILES string of the molecule is Cc1nonc1CN1CCCCC1CCc1cccc(O)c1. The number of phenolic OH excluding ortho intramolecular Hbond substituents is 1. The standard InChI is InChI=1S/C17H23N3O2/c1-13-17(19-22-18-13)12-20-10-3-2-6-15(20)9-8-14-5-4-7-16(21)11-14/h4-5,7,11,15,21H,2-3,6,8-10,12H2,1H3. The molecule has 5 heteroatoms. The van der Waals surface area contributed by atoms with Crippen molar-refractivity contribution in [3.05, 3.63) is 41.2 Å². The second-order valence-electron chi connectivity index (χ2n) is 6.12. The fourth-order valence-electron chi connectivity index (χ4n) is 3.23. The zero-order valence-corrected chi connectivity index (χ0v) is 13.0. The van der Waals surface area contributed by atoms with Gasteiger partial charge in [-0.05, 0) is 56.8 Å². The highest BCUT2D eigenvalue weighted by atomic mass is 16.6. The second-order valence-corrected chi connectivity index (χ2v) is 6.12. The molecule has 1 N–H and O–H groups in total. The Balaban J connectivity index is 1.61. The second kappa shape index (κ2) is 6.92. The molecule has 1 aliphatic rings. The van der Waals surface area contributed by atoms with Crippen LogP contribution in [0.15, 0.2) is 28.9 Å². The van der Waals surface area contributed by atoms with Gasteiger partial charge in [0.25, 0.3) is 0 Å². The molecule has 2 aromatic rings. The Morgan fingerprint density at radius 2 is 2.23 bits per heavy atom. The minimum Gasteiger partial charge on any atom is -0.508 e.